The summed E-state index contributed by atoms with van der Waals surface area (Å²) in [5.74, 6) is -0.436. The summed E-state index contributed by atoms with van der Waals surface area (Å²) in [5.41, 5.74) is 2.48. The molecule has 216 valence electrons. The van der Waals surface area contributed by atoms with Crippen molar-refractivity contribution in [1.82, 2.24) is 10.1 Å². The van der Waals surface area contributed by atoms with Gasteiger partial charge in [-0.2, -0.15) is 0 Å². The van der Waals surface area contributed by atoms with Gasteiger partial charge in [0.15, 0.2) is 17.5 Å². The number of aryl methyl sites for hydroxylation is 1. The van der Waals surface area contributed by atoms with Gasteiger partial charge in [-0.05, 0) is 67.8 Å². The Morgan fingerprint density at radius 3 is 2.40 bits per heavy atom. The van der Waals surface area contributed by atoms with Crippen LogP contribution < -0.4 is 10.0 Å². The molecule has 2 heterocycles. The molecule has 2 aromatic heterocycles. The lowest BCUT2D eigenvalue weighted by Crippen LogP contribution is -2.30. The Balaban J connectivity index is 1.18. The van der Waals surface area contributed by atoms with Crippen molar-refractivity contribution in [2.24, 2.45) is 0 Å². The smallest absolute Gasteiger partial charge is 0.339 e. The summed E-state index contributed by atoms with van der Waals surface area (Å²) in [5, 5.41) is 7.61. The zero-order valence-electron chi connectivity index (χ0n) is 22.9. The van der Waals surface area contributed by atoms with Crippen LogP contribution in [0.4, 0.5) is 11.5 Å². The monoisotopic (exact) mass is 596 g/mol. The van der Waals surface area contributed by atoms with E-state index in [0.717, 1.165) is 5.39 Å². The molecular formula is C31H24N4O7S. The largest absolute Gasteiger partial charge is 0.449 e. The standard InChI is InChI=1S/C31H24N4O7S/c1-18-17-27(34-42-18)35-43(38,39)22-15-13-21(14-16-22)32-29(36)19(2)40-31(37)24-10-6-8-20-7-5-9-23(28(20)24)30-33-25-11-3-4-12-26(25)41-30/h3-17,19H,1-2H3,(H,32,36)(H,34,35). The van der Waals surface area contributed by atoms with Gasteiger partial charge in [0.2, 0.25) is 5.89 Å². The third-order valence-electron chi connectivity index (χ3n) is 6.60. The quantitative estimate of drug-likeness (QED) is 0.204. The van der Waals surface area contributed by atoms with Gasteiger partial charge < -0.3 is 19.0 Å². The summed E-state index contributed by atoms with van der Waals surface area (Å²) in [4.78, 5) is 30.8. The minimum absolute atomic E-state index is 0.0451. The predicted molar refractivity (Wildman–Crippen MR) is 159 cm³/mol. The highest BCUT2D eigenvalue weighted by atomic mass is 32.2. The second-order valence-electron chi connectivity index (χ2n) is 9.69. The predicted octanol–water partition coefficient (Wildman–Crippen LogP) is 5.93. The second kappa shape index (κ2) is 11.1. The topological polar surface area (TPSA) is 154 Å². The molecule has 0 aliphatic heterocycles. The van der Waals surface area contributed by atoms with E-state index in [1.54, 1.807) is 19.1 Å². The zero-order valence-corrected chi connectivity index (χ0v) is 23.7. The first-order valence-electron chi connectivity index (χ1n) is 13.1. The molecule has 1 unspecified atom stereocenters. The Labute approximate surface area is 245 Å². The number of carbonyl (C=O) groups is 2. The molecule has 11 nitrogen and oxygen atoms in total. The number of rotatable bonds is 8. The lowest BCUT2D eigenvalue weighted by atomic mass is 9.99. The van der Waals surface area contributed by atoms with E-state index in [2.05, 4.69) is 20.2 Å². The number of nitrogens with one attached hydrogen (secondary N) is 2. The summed E-state index contributed by atoms with van der Waals surface area (Å²) in [7, 11) is -3.92. The molecule has 0 saturated carbocycles. The molecule has 12 heteroatoms. The minimum atomic E-state index is -3.92. The molecule has 1 amide bonds. The van der Waals surface area contributed by atoms with Crippen molar-refractivity contribution in [2.45, 2.75) is 24.8 Å². The van der Waals surface area contributed by atoms with Crippen LogP contribution in [-0.2, 0) is 19.6 Å². The third kappa shape index (κ3) is 5.68. The summed E-state index contributed by atoms with van der Waals surface area (Å²) < 4.78 is 43.9. The molecule has 0 bridgehead atoms. The number of carbonyl (C=O) groups excluding carboxylic acids is 2. The molecule has 6 rings (SSSR count). The number of sulfonamides is 1. The van der Waals surface area contributed by atoms with Gasteiger partial charge in [0.1, 0.15) is 11.3 Å². The Morgan fingerprint density at radius 2 is 1.67 bits per heavy atom. The van der Waals surface area contributed by atoms with Crippen LogP contribution in [0.25, 0.3) is 33.3 Å². The van der Waals surface area contributed by atoms with Crippen LogP contribution in [0.2, 0.25) is 0 Å². The highest BCUT2D eigenvalue weighted by Crippen LogP contribution is 2.33. The highest BCUT2D eigenvalue weighted by Gasteiger charge is 2.23. The number of aromatic nitrogens is 2. The van der Waals surface area contributed by atoms with E-state index >= 15 is 0 Å². The number of oxazole rings is 1. The van der Waals surface area contributed by atoms with Crippen molar-refractivity contribution in [3.05, 3.63) is 102 Å². The number of fused-ring (bicyclic) bond motifs is 2. The molecule has 1 atom stereocenters. The van der Waals surface area contributed by atoms with Crippen molar-refractivity contribution in [1.29, 1.82) is 0 Å². The van der Waals surface area contributed by atoms with Crippen molar-refractivity contribution in [2.75, 3.05) is 10.0 Å². The highest BCUT2D eigenvalue weighted by molar-refractivity contribution is 7.92. The zero-order chi connectivity index (χ0) is 30.1. The van der Waals surface area contributed by atoms with Gasteiger partial charge in [0.25, 0.3) is 15.9 Å². The Hall–Kier alpha value is -5.49. The summed E-state index contributed by atoms with van der Waals surface area (Å²) in [6.07, 6.45) is -1.17. The fraction of sp³-hybridized carbons (Fsp3) is 0.0968. The Morgan fingerprint density at radius 1 is 0.930 bits per heavy atom. The molecule has 0 aliphatic carbocycles. The van der Waals surface area contributed by atoms with Crippen molar-refractivity contribution < 1.29 is 31.7 Å². The van der Waals surface area contributed by atoms with Gasteiger partial charge >= 0.3 is 5.97 Å². The molecule has 4 aromatic carbocycles. The number of amides is 1. The van der Waals surface area contributed by atoms with Crippen molar-refractivity contribution in [3.63, 3.8) is 0 Å². The number of nitrogens with zero attached hydrogens (tertiary/aromatic N) is 2. The number of hydrogen-bond donors (Lipinski definition) is 2. The van der Waals surface area contributed by atoms with E-state index < -0.39 is 28.0 Å². The van der Waals surface area contributed by atoms with E-state index in [0.29, 0.717) is 39.4 Å². The second-order valence-corrected chi connectivity index (χ2v) is 11.4. The van der Waals surface area contributed by atoms with Crippen LogP contribution in [-0.4, -0.2) is 36.5 Å². The number of benzene rings is 4. The van der Waals surface area contributed by atoms with Gasteiger partial charge in [-0.1, -0.05) is 41.6 Å². The van der Waals surface area contributed by atoms with E-state index in [1.807, 2.05) is 48.5 Å². The SMILES string of the molecule is Cc1cc(NS(=O)(=O)c2ccc(NC(=O)C(C)OC(=O)c3cccc4cccc(-c5nc6ccccc6o5)c34)cc2)no1. The molecule has 0 radical (unpaired) electrons. The summed E-state index contributed by atoms with van der Waals surface area (Å²) in [6.45, 7) is 3.09. The number of anilines is 2. The van der Waals surface area contributed by atoms with E-state index in [9.17, 15) is 18.0 Å². The number of esters is 1. The minimum Gasteiger partial charge on any atom is -0.449 e. The molecule has 0 fully saturated rings. The third-order valence-corrected chi connectivity index (χ3v) is 7.97. The average Bonchev–Trinajstić information content (AvgIpc) is 3.62. The molecule has 0 spiro atoms. The molecule has 6 aromatic rings. The first-order chi connectivity index (χ1) is 20.7. The van der Waals surface area contributed by atoms with Crippen LogP contribution in [0.15, 0.2) is 105 Å². The van der Waals surface area contributed by atoms with Crippen LogP contribution in [0.3, 0.4) is 0 Å². The Bertz CT molecular complexity index is 2060. The van der Waals surface area contributed by atoms with E-state index in [4.69, 9.17) is 13.7 Å². The van der Waals surface area contributed by atoms with E-state index in [1.165, 1.54) is 37.3 Å². The Kier molecular flexibility index (Phi) is 7.12. The first kappa shape index (κ1) is 27.7. The van der Waals surface area contributed by atoms with Crippen LogP contribution in [0, 0.1) is 6.92 Å². The maximum Gasteiger partial charge on any atom is 0.339 e. The van der Waals surface area contributed by atoms with Gasteiger partial charge in [-0.15, -0.1) is 0 Å². The number of hydrogen-bond acceptors (Lipinski definition) is 9. The lowest BCUT2D eigenvalue weighted by Gasteiger charge is -2.15. The molecule has 43 heavy (non-hydrogen) atoms. The normalized spacial score (nSPS) is 12.2. The maximum atomic E-state index is 13.3. The number of para-hydroxylation sites is 2. The van der Waals surface area contributed by atoms with Gasteiger partial charge in [0.05, 0.1) is 10.5 Å². The lowest BCUT2D eigenvalue weighted by molar-refractivity contribution is -0.123. The van der Waals surface area contributed by atoms with Crippen LogP contribution >= 0.6 is 0 Å². The average molecular weight is 597 g/mol. The fourth-order valence-corrected chi connectivity index (χ4v) is 5.51. The first-order valence-corrected chi connectivity index (χ1v) is 14.6. The fourth-order valence-electron chi connectivity index (χ4n) is 4.53. The van der Waals surface area contributed by atoms with Crippen LogP contribution in [0.1, 0.15) is 23.0 Å². The van der Waals surface area contributed by atoms with Crippen LogP contribution in [0.5, 0.6) is 0 Å². The van der Waals surface area contributed by atoms with Crippen molar-refractivity contribution in [3.8, 4) is 11.5 Å². The molecule has 2 N–H and O–H groups in total. The number of ether oxygens (including phenoxy) is 1. The van der Waals surface area contributed by atoms with Crippen molar-refractivity contribution >= 4 is 55.3 Å². The molecular weight excluding hydrogens is 572 g/mol. The van der Waals surface area contributed by atoms with Gasteiger partial charge in [0, 0.05) is 22.7 Å². The molecule has 0 aliphatic rings. The maximum absolute atomic E-state index is 13.3. The molecule has 0 saturated heterocycles. The van der Waals surface area contributed by atoms with Gasteiger partial charge in [-0.3, -0.25) is 9.52 Å². The summed E-state index contributed by atoms with van der Waals surface area (Å²) in [6, 6.07) is 25.0. The van der Waals surface area contributed by atoms with E-state index in [-0.39, 0.29) is 16.3 Å². The van der Waals surface area contributed by atoms with Gasteiger partial charge in [-0.25, -0.2) is 18.2 Å². The summed E-state index contributed by atoms with van der Waals surface area (Å²) >= 11 is 0.